The van der Waals surface area contributed by atoms with E-state index in [1.54, 1.807) is 18.2 Å². The molecular weight excluding hydrogens is 361 g/mol. The molecule has 0 aliphatic heterocycles. The largest absolute Gasteiger partial charge is 0.298 e. The summed E-state index contributed by atoms with van der Waals surface area (Å²) in [5.74, 6) is -2.78. The average molecular weight is 376 g/mol. The van der Waals surface area contributed by atoms with Crippen LogP contribution in [0.4, 0.5) is 18.3 Å². The molecule has 0 aliphatic carbocycles. The Hall–Kier alpha value is -2.67. The fourth-order valence-corrected chi connectivity index (χ4v) is 3.59. The molecule has 1 aromatic heterocycles. The number of benzene rings is 2. The number of nitrogens with zero attached hydrogens (tertiary/aromatic N) is 1. The summed E-state index contributed by atoms with van der Waals surface area (Å²) in [6, 6.07) is 10.2. The van der Waals surface area contributed by atoms with Crippen molar-refractivity contribution in [2.75, 3.05) is 5.32 Å². The molecule has 0 atom stereocenters. The van der Waals surface area contributed by atoms with Crippen LogP contribution in [0.2, 0.25) is 0 Å². The number of thiazole rings is 1. The van der Waals surface area contributed by atoms with Crippen molar-refractivity contribution in [3.05, 3.63) is 70.9 Å². The summed E-state index contributed by atoms with van der Waals surface area (Å²) in [5, 5.41) is 2.68. The Kier molecular flexibility index (Phi) is 5.37. The predicted molar refractivity (Wildman–Crippen MR) is 96.1 cm³/mol. The number of aromatic nitrogens is 1. The molecule has 1 amide bonds. The number of carbonyl (C=O) groups excluding carboxylic acids is 1. The molecular formula is C19H15F3N2OS. The van der Waals surface area contributed by atoms with E-state index in [2.05, 4.69) is 10.3 Å². The first kappa shape index (κ1) is 18.1. The zero-order valence-electron chi connectivity index (χ0n) is 13.9. The number of hydrogen-bond donors (Lipinski definition) is 1. The van der Waals surface area contributed by atoms with E-state index in [-0.39, 0.29) is 5.13 Å². The molecule has 0 spiro atoms. The van der Waals surface area contributed by atoms with Crippen molar-refractivity contribution in [1.82, 2.24) is 4.98 Å². The Bertz CT molecular complexity index is 935. The Balaban J connectivity index is 1.92. The molecule has 1 N–H and O–H groups in total. The van der Waals surface area contributed by atoms with Crippen LogP contribution in [0.25, 0.3) is 10.4 Å². The van der Waals surface area contributed by atoms with E-state index in [1.807, 2.05) is 13.0 Å². The van der Waals surface area contributed by atoms with Gasteiger partial charge in [0.2, 0.25) is 0 Å². The third kappa shape index (κ3) is 3.62. The minimum atomic E-state index is -0.939. The van der Waals surface area contributed by atoms with Gasteiger partial charge in [-0.15, -0.1) is 0 Å². The normalized spacial score (nSPS) is 10.8. The Morgan fingerprint density at radius 2 is 1.85 bits per heavy atom. The number of hydrogen-bond acceptors (Lipinski definition) is 3. The lowest BCUT2D eigenvalue weighted by Crippen LogP contribution is -2.15. The Morgan fingerprint density at radius 1 is 1.15 bits per heavy atom. The summed E-state index contributed by atoms with van der Waals surface area (Å²) in [4.78, 5) is 17.3. The van der Waals surface area contributed by atoms with Crippen LogP contribution in [0.15, 0.2) is 42.5 Å². The molecule has 0 saturated heterocycles. The van der Waals surface area contributed by atoms with Crippen LogP contribution in [0.1, 0.15) is 28.5 Å². The lowest BCUT2D eigenvalue weighted by Gasteiger charge is -2.04. The van der Waals surface area contributed by atoms with Crippen LogP contribution >= 0.6 is 11.3 Å². The number of rotatable bonds is 5. The van der Waals surface area contributed by atoms with Crippen molar-refractivity contribution in [3.8, 4) is 10.4 Å². The van der Waals surface area contributed by atoms with Gasteiger partial charge in [0.25, 0.3) is 5.91 Å². The maximum absolute atomic E-state index is 13.7. The fourth-order valence-electron chi connectivity index (χ4n) is 2.54. The minimum absolute atomic E-state index is 0.232. The summed E-state index contributed by atoms with van der Waals surface area (Å²) in [6.45, 7) is 1.32. The van der Waals surface area contributed by atoms with Crippen LogP contribution in [0.3, 0.4) is 0 Å². The number of alkyl halides is 1. The zero-order valence-corrected chi connectivity index (χ0v) is 14.7. The van der Waals surface area contributed by atoms with Gasteiger partial charge in [0.1, 0.15) is 23.9 Å². The number of halogens is 3. The third-order valence-electron chi connectivity index (χ3n) is 3.79. The Labute approximate surface area is 152 Å². The fraction of sp³-hybridized carbons (Fsp3) is 0.158. The van der Waals surface area contributed by atoms with Gasteiger partial charge < -0.3 is 0 Å². The second kappa shape index (κ2) is 7.70. The van der Waals surface area contributed by atoms with Gasteiger partial charge in [-0.25, -0.2) is 18.2 Å². The van der Waals surface area contributed by atoms with Gasteiger partial charge in [-0.2, -0.15) is 0 Å². The van der Waals surface area contributed by atoms with Crippen molar-refractivity contribution in [2.24, 2.45) is 0 Å². The monoisotopic (exact) mass is 376 g/mol. The first-order valence-electron chi connectivity index (χ1n) is 7.93. The van der Waals surface area contributed by atoms with Gasteiger partial charge >= 0.3 is 0 Å². The van der Waals surface area contributed by atoms with Gasteiger partial charge in [-0.1, -0.05) is 42.5 Å². The van der Waals surface area contributed by atoms with Crippen molar-refractivity contribution >= 4 is 22.4 Å². The van der Waals surface area contributed by atoms with Crippen molar-refractivity contribution in [3.63, 3.8) is 0 Å². The molecule has 3 nitrogen and oxygen atoms in total. The molecule has 0 fully saturated rings. The summed E-state index contributed by atoms with van der Waals surface area (Å²) in [6.07, 6.45) is 0.593. The van der Waals surface area contributed by atoms with E-state index in [0.717, 1.165) is 28.3 Å². The molecule has 1 heterocycles. The molecule has 134 valence electrons. The number of amides is 1. The first-order chi connectivity index (χ1) is 12.5. The number of nitrogens with one attached hydrogen (secondary N) is 1. The topological polar surface area (TPSA) is 42.0 Å². The Morgan fingerprint density at radius 3 is 2.50 bits per heavy atom. The van der Waals surface area contributed by atoms with Gasteiger partial charge in [0, 0.05) is 0 Å². The van der Waals surface area contributed by atoms with Gasteiger partial charge in [0.05, 0.1) is 10.6 Å². The maximum atomic E-state index is 13.7. The standard InChI is InChI=1S/C19H15F3N2OS/c1-2-15-17(12-6-3-5-11(9-12)10-20)26-19(23-15)24-18(25)16-13(21)7-4-8-14(16)22/h3-9H,2,10H2,1H3,(H,23,24,25). The van der Waals surface area contributed by atoms with E-state index in [0.29, 0.717) is 12.0 Å². The van der Waals surface area contributed by atoms with E-state index in [4.69, 9.17) is 0 Å². The van der Waals surface area contributed by atoms with Crippen molar-refractivity contribution in [1.29, 1.82) is 0 Å². The highest BCUT2D eigenvalue weighted by Crippen LogP contribution is 2.34. The maximum Gasteiger partial charge on any atom is 0.263 e. The number of aryl methyl sites for hydroxylation is 1. The van der Waals surface area contributed by atoms with Crippen LogP contribution in [-0.2, 0) is 13.1 Å². The highest BCUT2D eigenvalue weighted by atomic mass is 32.1. The highest BCUT2D eigenvalue weighted by molar-refractivity contribution is 7.19. The van der Waals surface area contributed by atoms with E-state index in [1.165, 1.54) is 17.4 Å². The molecule has 0 radical (unpaired) electrons. The molecule has 3 aromatic rings. The van der Waals surface area contributed by atoms with Crippen LogP contribution in [0, 0.1) is 11.6 Å². The third-order valence-corrected chi connectivity index (χ3v) is 4.85. The highest BCUT2D eigenvalue weighted by Gasteiger charge is 2.20. The number of anilines is 1. The number of carbonyl (C=O) groups is 1. The van der Waals surface area contributed by atoms with Crippen LogP contribution in [0.5, 0.6) is 0 Å². The van der Waals surface area contributed by atoms with E-state index in [9.17, 15) is 18.0 Å². The van der Waals surface area contributed by atoms with E-state index < -0.39 is 29.8 Å². The first-order valence-corrected chi connectivity index (χ1v) is 8.75. The summed E-state index contributed by atoms with van der Waals surface area (Å²) >= 11 is 1.18. The molecule has 3 rings (SSSR count). The van der Waals surface area contributed by atoms with Gasteiger partial charge in [-0.05, 0) is 35.7 Å². The van der Waals surface area contributed by atoms with Gasteiger partial charge in [-0.3, -0.25) is 10.1 Å². The van der Waals surface area contributed by atoms with Crippen molar-refractivity contribution in [2.45, 2.75) is 20.0 Å². The summed E-state index contributed by atoms with van der Waals surface area (Å²) < 4.78 is 40.4. The molecule has 26 heavy (non-hydrogen) atoms. The summed E-state index contributed by atoms with van der Waals surface area (Å²) in [7, 11) is 0. The molecule has 0 bridgehead atoms. The van der Waals surface area contributed by atoms with Crippen molar-refractivity contribution < 1.29 is 18.0 Å². The quantitative estimate of drug-likeness (QED) is 0.650. The second-order valence-corrected chi connectivity index (χ2v) is 6.53. The smallest absolute Gasteiger partial charge is 0.263 e. The predicted octanol–water partition coefficient (Wildman–Crippen LogP) is 5.37. The second-order valence-electron chi connectivity index (χ2n) is 5.53. The van der Waals surface area contributed by atoms with Crippen LogP contribution < -0.4 is 5.32 Å². The lowest BCUT2D eigenvalue weighted by molar-refractivity contribution is 0.101. The van der Waals surface area contributed by atoms with Crippen LogP contribution in [-0.4, -0.2) is 10.9 Å². The molecule has 0 aliphatic rings. The molecule has 0 saturated carbocycles. The molecule has 7 heteroatoms. The minimum Gasteiger partial charge on any atom is -0.298 e. The zero-order chi connectivity index (χ0) is 18.7. The molecule has 0 unspecified atom stereocenters. The summed E-state index contributed by atoms with van der Waals surface area (Å²) in [5.41, 5.74) is 1.39. The van der Waals surface area contributed by atoms with Gasteiger partial charge in [0.15, 0.2) is 5.13 Å². The lowest BCUT2D eigenvalue weighted by atomic mass is 10.1. The average Bonchev–Trinajstić information content (AvgIpc) is 3.04. The SMILES string of the molecule is CCc1nc(NC(=O)c2c(F)cccc2F)sc1-c1cccc(CF)c1. The van der Waals surface area contributed by atoms with E-state index >= 15 is 0 Å². The molecule has 2 aromatic carbocycles.